The Hall–Kier alpha value is -2.91. The molecule has 0 saturated heterocycles. The van der Waals surface area contributed by atoms with Crippen LogP contribution in [0.3, 0.4) is 0 Å². The number of nitriles is 1. The van der Waals surface area contributed by atoms with Crippen LogP contribution in [0, 0.1) is 17.2 Å². The topological polar surface area (TPSA) is 79.2 Å². The molecule has 1 aromatic heterocycles. The van der Waals surface area contributed by atoms with Crippen LogP contribution in [0.2, 0.25) is 0 Å². The van der Waals surface area contributed by atoms with E-state index in [-0.39, 0.29) is 5.57 Å². The Kier molecular flexibility index (Phi) is 6.73. The maximum Gasteiger partial charge on any atom is 0.341 e. The SMILES string of the molecule is COC(=O)c1c(NC(=O)/C(C#N)=C\c2ccc(C(C)C)cc2)sc2c1CCC(C)C2. The number of anilines is 1. The molecule has 1 heterocycles. The van der Waals surface area contributed by atoms with Gasteiger partial charge >= 0.3 is 5.97 Å². The highest BCUT2D eigenvalue weighted by Gasteiger charge is 2.29. The Balaban J connectivity index is 1.88. The number of nitrogens with one attached hydrogen (secondary N) is 1. The van der Waals surface area contributed by atoms with Crippen LogP contribution in [0.4, 0.5) is 5.00 Å². The molecule has 3 rings (SSSR count). The van der Waals surface area contributed by atoms with Crippen LogP contribution >= 0.6 is 11.3 Å². The van der Waals surface area contributed by atoms with Gasteiger partial charge in [-0.1, -0.05) is 45.0 Å². The zero-order valence-electron chi connectivity index (χ0n) is 17.7. The first-order chi connectivity index (χ1) is 14.3. The summed E-state index contributed by atoms with van der Waals surface area (Å²) in [6.07, 6.45) is 4.23. The summed E-state index contributed by atoms with van der Waals surface area (Å²) in [6.45, 7) is 6.40. The lowest BCUT2D eigenvalue weighted by Crippen LogP contribution is -2.16. The van der Waals surface area contributed by atoms with E-state index in [4.69, 9.17) is 4.74 Å². The van der Waals surface area contributed by atoms with E-state index in [0.717, 1.165) is 35.3 Å². The van der Waals surface area contributed by atoms with Gasteiger partial charge in [-0.05, 0) is 53.9 Å². The van der Waals surface area contributed by atoms with Gasteiger partial charge in [0.05, 0.1) is 12.7 Å². The summed E-state index contributed by atoms with van der Waals surface area (Å²) >= 11 is 1.41. The fourth-order valence-corrected chi connectivity index (χ4v) is 5.01. The quantitative estimate of drug-likeness (QED) is 0.401. The molecule has 0 spiro atoms. The molecule has 0 aliphatic heterocycles. The third-order valence-electron chi connectivity index (χ3n) is 5.41. The Morgan fingerprint density at radius 1 is 1.30 bits per heavy atom. The van der Waals surface area contributed by atoms with Gasteiger partial charge in [-0.15, -0.1) is 11.3 Å². The van der Waals surface area contributed by atoms with Gasteiger partial charge in [-0.2, -0.15) is 5.26 Å². The molecule has 1 amide bonds. The number of thiophene rings is 1. The smallest absolute Gasteiger partial charge is 0.341 e. The van der Waals surface area contributed by atoms with Gasteiger partial charge < -0.3 is 10.1 Å². The molecule has 1 unspecified atom stereocenters. The van der Waals surface area contributed by atoms with Crippen LogP contribution in [-0.2, 0) is 22.4 Å². The van der Waals surface area contributed by atoms with Crippen molar-refractivity contribution in [2.45, 2.75) is 46.0 Å². The van der Waals surface area contributed by atoms with Gasteiger partial charge in [0, 0.05) is 4.88 Å². The molecular weight excluding hydrogens is 396 g/mol. The summed E-state index contributed by atoms with van der Waals surface area (Å²) in [5, 5.41) is 12.8. The Morgan fingerprint density at radius 2 is 2.00 bits per heavy atom. The maximum absolute atomic E-state index is 12.8. The number of amides is 1. The minimum absolute atomic E-state index is 0.0112. The molecule has 30 heavy (non-hydrogen) atoms. The molecule has 156 valence electrons. The number of carbonyl (C=O) groups excluding carboxylic acids is 2. The van der Waals surface area contributed by atoms with E-state index in [1.54, 1.807) is 6.08 Å². The molecule has 1 N–H and O–H groups in total. The van der Waals surface area contributed by atoms with Crippen molar-refractivity contribution >= 4 is 34.3 Å². The number of hydrogen-bond acceptors (Lipinski definition) is 5. The van der Waals surface area contributed by atoms with Crippen LogP contribution in [0.25, 0.3) is 6.08 Å². The molecule has 1 aromatic carbocycles. The zero-order valence-corrected chi connectivity index (χ0v) is 18.6. The van der Waals surface area contributed by atoms with E-state index in [9.17, 15) is 14.9 Å². The number of carbonyl (C=O) groups is 2. The van der Waals surface area contributed by atoms with Crippen molar-refractivity contribution in [1.82, 2.24) is 0 Å². The van der Waals surface area contributed by atoms with Crippen LogP contribution in [-0.4, -0.2) is 19.0 Å². The van der Waals surface area contributed by atoms with Crippen molar-refractivity contribution in [2.24, 2.45) is 5.92 Å². The fraction of sp³-hybridized carbons (Fsp3) is 0.375. The normalized spacial score (nSPS) is 16.0. The predicted molar refractivity (Wildman–Crippen MR) is 120 cm³/mol. The first-order valence-electron chi connectivity index (χ1n) is 10.1. The number of methoxy groups -OCH3 is 1. The van der Waals surface area contributed by atoms with Crippen molar-refractivity contribution in [3.8, 4) is 6.07 Å². The van der Waals surface area contributed by atoms with Crippen molar-refractivity contribution in [2.75, 3.05) is 12.4 Å². The summed E-state index contributed by atoms with van der Waals surface area (Å²) < 4.78 is 4.96. The third-order valence-corrected chi connectivity index (χ3v) is 6.58. The minimum Gasteiger partial charge on any atom is -0.465 e. The molecule has 1 aliphatic carbocycles. The standard InChI is InChI=1S/C24H26N2O3S/c1-14(2)17-8-6-16(7-9-17)12-18(13-25)22(27)26-23-21(24(28)29-4)19-10-5-15(3)11-20(19)30-23/h6-9,12,14-15H,5,10-11H2,1-4H3,(H,26,27)/b18-12-. The lowest BCUT2D eigenvalue weighted by molar-refractivity contribution is -0.112. The Morgan fingerprint density at radius 3 is 2.60 bits per heavy atom. The molecule has 1 aliphatic rings. The lowest BCUT2D eigenvalue weighted by atomic mass is 9.88. The summed E-state index contributed by atoms with van der Waals surface area (Å²) in [6, 6.07) is 9.75. The van der Waals surface area contributed by atoms with Gasteiger partial charge in [0.2, 0.25) is 0 Å². The lowest BCUT2D eigenvalue weighted by Gasteiger charge is -2.18. The van der Waals surface area contributed by atoms with E-state index in [2.05, 4.69) is 26.1 Å². The monoisotopic (exact) mass is 422 g/mol. The molecule has 0 radical (unpaired) electrons. The number of benzene rings is 1. The van der Waals surface area contributed by atoms with Crippen molar-refractivity contribution in [3.63, 3.8) is 0 Å². The van der Waals surface area contributed by atoms with Gasteiger partial charge in [0.25, 0.3) is 5.91 Å². The molecule has 2 aromatic rings. The number of rotatable bonds is 5. The van der Waals surface area contributed by atoms with Crippen LogP contribution < -0.4 is 5.32 Å². The van der Waals surface area contributed by atoms with Gasteiger partial charge in [0.15, 0.2) is 0 Å². The van der Waals surface area contributed by atoms with Gasteiger partial charge in [0.1, 0.15) is 16.6 Å². The molecule has 0 bridgehead atoms. The molecule has 0 fully saturated rings. The second-order valence-corrected chi connectivity index (χ2v) is 9.10. The summed E-state index contributed by atoms with van der Waals surface area (Å²) in [5.74, 6) is -0.0361. The van der Waals surface area contributed by atoms with Crippen LogP contribution in [0.5, 0.6) is 0 Å². The Labute approximate surface area is 181 Å². The number of nitrogens with zero attached hydrogens (tertiary/aromatic N) is 1. The van der Waals surface area contributed by atoms with Crippen molar-refractivity contribution in [1.29, 1.82) is 5.26 Å². The molecule has 1 atom stereocenters. The molecule has 5 nitrogen and oxygen atoms in total. The van der Waals surface area contributed by atoms with Gasteiger partial charge in [-0.3, -0.25) is 4.79 Å². The average Bonchev–Trinajstić information content (AvgIpc) is 3.08. The number of hydrogen-bond donors (Lipinski definition) is 1. The van der Waals surface area contributed by atoms with Crippen LogP contribution in [0.15, 0.2) is 29.8 Å². The molecule has 0 saturated carbocycles. The maximum atomic E-state index is 12.8. The minimum atomic E-state index is -0.526. The second-order valence-electron chi connectivity index (χ2n) is 7.99. The van der Waals surface area contributed by atoms with Crippen LogP contribution in [0.1, 0.15) is 65.0 Å². The van der Waals surface area contributed by atoms with E-state index in [1.165, 1.54) is 24.0 Å². The molecule has 6 heteroatoms. The predicted octanol–water partition coefficient (Wildman–Crippen LogP) is 5.33. The summed E-state index contributed by atoms with van der Waals surface area (Å²) in [4.78, 5) is 26.3. The van der Waals surface area contributed by atoms with E-state index in [1.807, 2.05) is 30.3 Å². The largest absolute Gasteiger partial charge is 0.465 e. The van der Waals surface area contributed by atoms with Crippen molar-refractivity contribution < 1.29 is 14.3 Å². The number of fused-ring (bicyclic) bond motifs is 1. The first kappa shape index (κ1) is 21.8. The average molecular weight is 423 g/mol. The van der Waals surface area contributed by atoms with Crippen molar-refractivity contribution in [3.05, 3.63) is 57.0 Å². The summed E-state index contributed by atoms with van der Waals surface area (Å²) in [7, 11) is 1.34. The summed E-state index contributed by atoms with van der Waals surface area (Å²) in [5.41, 5.74) is 3.35. The second kappa shape index (κ2) is 9.27. The highest BCUT2D eigenvalue weighted by atomic mass is 32.1. The van der Waals surface area contributed by atoms with E-state index >= 15 is 0 Å². The number of esters is 1. The fourth-order valence-electron chi connectivity index (χ4n) is 3.62. The highest BCUT2D eigenvalue weighted by molar-refractivity contribution is 7.17. The number of ether oxygens (including phenoxy) is 1. The Bertz CT molecular complexity index is 1030. The zero-order chi connectivity index (χ0) is 21.8. The highest BCUT2D eigenvalue weighted by Crippen LogP contribution is 2.40. The third kappa shape index (κ3) is 4.63. The van der Waals surface area contributed by atoms with E-state index < -0.39 is 11.9 Å². The van der Waals surface area contributed by atoms with Gasteiger partial charge in [-0.25, -0.2) is 4.79 Å². The first-order valence-corrected chi connectivity index (χ1v) is 10.9. The molecular formula is C24H26N2O3S. The van der Waals surface area contributed by atoms with E-state index in [0.29, 0.717) is 22.4 Å².